The van der Waals surface area contributed by atoms with Gasteiger partial charge in [0.1, 0.15) is 0 Å². The van der Waals surface area contributed by atoms with E-state index in [2.05, 4.69) is 11.6 Å². The summed E-state index contributed by atoms with van der Waals surface area (Å²) < 4.78 is 51.0. The SMILES string of the molecule is CC1CCN(S(=O)(=O)NCc2cccc(S(N)(=O)=O)c2)CC1. The third-order valence-corrected chi connectivity index (χ3v) is 6.23. The lowest BCUT2D eigenvalue weighted by Crippen LogP contribution is -2.44. The number of nitrogens with one attached hydrogen (secondary N) is 1. The van der Waals surface area contributed by atoms with E-state index in [0.717, 1.165) is 12.8 Å². The van der Waals surface area contributed by atoms with Crippen LogP contribution in [-0.4, -0.2) is 34.2 Å². The molecule has 0 saturated carbocycles. The van der Waals surface area contributed by atoms with Gasteiger partial charge in [-0.15, -0.1) is 0 Å². The van der Waals surface area contributed by atoms with Gasteiger partial charge in [0.05, 0.1) is 4.90 Å². The van der Waals surface area contributed by atoms with Crippen LogP contribution in [-0.2, 0) is 26.8 Å². The van der Waals surface area contributed by atoms with Crippen LogP contribution in [0.25, 0.3) is 0 Å². The van der Waals surface area contributed by atoms with Gasteiger partial charge in [-0.1, -0.05) is 19.1 Å². The van der Waals surface area contributed by atoms with Gasteiger partial charge < -0.3 is 0 Å². The first-order valence-corrected chi connectivity index (χ1v) is 10.0. The zero-order valence-electron chi connectivity index (χ0n) is 12.4. The van der Waals surface area contributed by atoms with Crippen molar-refractivity contribution in [3.05, 3.63) is 29.8 Å². The van der Waals surface area contributed by atoms with Crippen LogP contribution >= 0.6 is 0 Å². The Labute approximate surface area is 131 Å². The fraction of sp³-hybridized carbons (Fsp3) is 0.538. The fourth-order valence-electron chi connectivity index (χ4n) is 2.32. The van der Waals surface area contributed by atoms with Gasteiger partial charge in [0.25, 0.3) is 10.2 Å². The van der Waals surface area contributed by atoms with Crippen LogP contribution in [0.15, 0.2) is 29.2 Å². The van der Waals surface area contributed by atoms with Crippen molar-refractivity contribution in [3.63, 3.8) is 0 Å². The van der Waals surface area contributed by atoms with Gasteiger partial charge in [-0.25, -0.2) is 13.6 Å². The zero-order valence-corrected chi connectivity index (χ0v) is 14.0. The van der Waals surface area contributed by atoms with E-state index in [1.165, 1.54) is 22.5 Å². The van der Waals surface area contributed by atoms with Crippen molar-refractivity contribution in [3.8, 4) is 0 Å². The lowest BCUT2D eigenvalue weighted by atomic mass is 10.0. The van der Waals surface area contributed by atoms with E-state index >= 15 is 0 Å². The van der Waals surface area contributed by atoms with Crippen LogP contribution in [0.2, 0.25) is 0 Å². The Balaban J connectivity index is 2.03. The number of nitrogens with zero attached hydrogens (tertiary/aromatic N) is 1. The molecule has 0 spiro atoms. The molecule has 1 heterocycles. The van der Waals surface area contributed by atoms with Crippen LogP contribution in [0.5, 0.6) is 0 Å². The van der Waals surface area contributed by atoms with E-state index < -0.39 is 20.2 Å². The number of rotatable bonds is 5. The average molecular weight is 347 g/mol. The molecule has 1 aromatic rings. The molecule has 9 heteroatoms. The monoisotopic (exact) mass is 347 g/mol. The molecule has 0 radical (unpaired) electrons. The highest BCUT2D eigenvalue weighted by molar-refractivity contribution is 7.89. The molecule has 0 aromatic heterocycles. The van der Waals surface area contributed by atoms with Crippen LogP contribution in [0.4, 0.5) is 0 Å². The number of sulfonamides is 1. The highest BCUT2D eigenvalue weighted by Gasteiger charge is 2.25. The summed E-state index contributed by atoms with van der Waals surface area (Å²) in [6, 6.07) is 5.93. The Kier molecular flexibility index (Phi) is 5.23. The van der Waals surface area contributed by atoms with Crippen molar-refractivity contribution >= 4 is 20.2 Å². The van der Waals surface area contributed by atoms with E-state index in [-0.39, 0.29) is 11.4 Å². The quantitative estimate of drug-likeness (QED) is 0.803. The molecule has 7 nitrogen and oxygen atoms in total. The second-order valence-corrected chi connectivity index (χ2v) is 8.92. The Morgan fingerprint density at radius 3 is 2.45 bits per heavy atom. The number of hydrogen-bond donors (Lipinski definition) is 2. The average Bonchev–Trinajstić information content (AvgIpc) is 2.45. The predicted molar refractivity (Wildman–Crippen MR) is 83.5 cm³/mol. The molecule has 0 amide bonds. The van der Waals surface area contributed by atoms with E-state index in [4.69, 9.17) is 5.14 Å². The summed E-state index contributed by atoms with van der Waals surface area (Å²) in [4.78, 5) is -0.0315. The maximum absolute atomic E-state index is 12.2. The molecular formula is C13H21N3O4S2. The Morgan fingerprint density at radius 2 is 1.86 bits per heavy atom. The van der Waals surface area contributed by atoms with Gasteiger partial charge in [-0.2, -0.15) is 17.4 Å². The first-order valence-electron chi connectivity index (χ1n) is 7.05. The van der Waals surface area contributed by atoms with Crippen LogP contribution in [0.1, 0.15) is 25.3 Å². The Morgan fingerprint density at radius 1 is 1.23 bits per heavy atom. The second kappa shape index (κ2) is 6.63. The topological polar surface area (TPSA) is 110 Å². The highest BCUT2D eigenvalue weighted by atomic mass is 32.2. The molecule has 0 unspecified atom stereocenters. The molecule has 2 rings (SSSR count). The van der Waals surface area contributed by atoms with Crippen LogP contribution in [0, 0.1) is 5.92 Å². The van der Waals surface area contributed by atoms with Crippen molar-refractivity contribution in [1.29, 1.82) is 0 Å². The molecule has 1 aliphatic rings. The number of piperidine rings is 1. The van der Waals surface area contributed by atoms with Crippen LogP contribution in [0.3, 0.4) is 0 Å². The smallest absolute Gasteiger partial charge is 0.225 e. The van der Waals surface area contributed by atoms with Gasteiger partial charge in [0.2, 0.25) is 10.0 Å². The normalized spacial score (nSPS) is 18.5. The molecule has 124 valence electrons. The number of nitrogens with two attached hydrogens (primary N) is 1. The molecule has 0 bridgehead atoms. The first kappa shape index (κ1) is 17.4. The van der Waals surface area contributed by atoms with Gasteiger partial charge >= 0.3 is 0 Å². The second-order valence-electron chi connectivity index (χ2n) is 5.60. The van der Waals surface area contributed by atoms with E-state index in [9.17, 15) is 16.8 Å². The lowest BCUT2D eigenvalue weighted by molar-refractivity contribution is 0.285. The molecule has 1 aliphatic heterocycles. The Bertz CT molecular complexity index is 723. The minimum atomic E-state index is -3.79. The molecule has 1 aromatic carbocycles. The lowest BCUT2D eigenvalue weighted by Gasteiger charge is -2.29. The molecule has 1 fully saturated rings. The molecule has 22 heavy (non-hydrogen) atoms. The summed E-state index contributed by atoms with van der Waals surface area (Å²) in [7, 11) is -7.34. The van der Waals surface area contributed by atoms with E-state index in [1.807, 2.05) is 0 Å². The summed E-state index contributed by atoms with van der Waals surface area (Å²) in [5.74, 6) is 0.540. The highest BCUT2D eigenvalue weighted by Crippen LogP contribution is 2.18. The molecule has 0 atom stereocenters. The van der Waals surface area contributed by atoms with Gasteiger partial charge in [-0.05, 0) is 36.5 Å². The Hall–Kier alpha value is -1.00. The summed E-state index contributed by atoms with van der Waals surface area (Å²) in [5, 5.41) is 5.06. The van der Waals surface area contributed by atoms with E-state index in [1.54, 1.807) is 6.07 Å². The fourth-order valence-corrected chi connectivity index (χ4v) is 4.13. The summed E-state index contributed by atoms with van der Waals surface area (Å²) in [6.07, 6.45) is 1.70. The zero-order chi connectivity index (χ0) is 16.4. The van der Waals surface area contributed by atoms with Crippen molar-refractivity contribution < 1.29 is 16.8 Å². The maximum atomic E-state index is 12.2. The van der Waals surface area contributed by atoms with Crippen molar-refractivity contribution in [2.24, 2.45) is 11.1 Å². The molecular weight excluding hydrogens is 326 g/mol. The molecule has 0 aliphatic carbocycles. The maximum Gasteiger partial charge on any atom is 0.279 e. The molecule has 1 saturated heterocycles. The summed E-state index contributed by atoms with van der Waals surface area (Å²) in [6.45, 7) is 3.15. The number of hydrogen-bond acceptors (Lipinski definition) is 4. The van der Waals surface area contributed by atoms with Gasteiger partial charge in [-0.3, -0.25) is 0 Å². The summed E-state index contributed by atoms with van der Waals surface area (Å²) in [5.41, 5.74) is 0.542. The first-order chi connectivity index (χ1) is 10.2. The van der Waals surface area contributed by atoms with Crippen LogP contribution < -0.4 is 9.86 Å². The van der Waals surface area contributed by atoms with Gasteiger partial charge in [0, 0.05) is 19.6 Å². The van der Waals surface area contributed by atoms with Crippen molar-refractivity contribution in [2.45, 2.75) is 31.2 Å². The largest absolute Gasteiger partial charge is 0.279 e. The number of primary sulfonamides is 1. The minimum absolute atomic E-state index is 0.0255. The standard InChI is InChI=1S/C13H21N3O4S2/c1-11-5-7-16(8-6-11)22(19,20)15-10-12-3-2-4-13(9-12)21(14,17)18/h2-4,9,11,15H,5-8,10H2,1H3,(H2,14,17,18). The minimum Gasteiger partial charge on any atom is -0.225 e. The third kappa shape index (κ3) is 4.50. The van der Waals surface area contributed by atoms with Crippen molar-refractivity contribution in [2.75, 3.05) is 13.1 Å². The third-order valence-electron chi connectivity index (χ3n) is 3.77. The predicted octanol–water partition coefficient (Wildman–Crippen LogP) is 0.400. The molecule has 3 N–H and O–H groups in total. The summed E-state index contributed by atoms with van der Waals surface area (Å²) >= 11 is 0. The number of benzene rings is 1. The van der Waals surface area contributed by atoms with E-state index in [0.29, 0.717) is 24.6 Å². The van der Waals surface area contributed by atoms with Crippen molar-refractivity contribution in [1.82, 2.24) is 9.03 Å². The van der Waals surface area contributed by atoms with Gasteiger partial charge in [0.15, 0.2) is 0 Å².